The van der Waals surface area contributed by atoms with Crippen molar-refractivity contribution in [1.29, 1.82) is 0 Å². The normalized spacial score (nSPS) is 16.4. The molecule has 5 heteroatoms. The van der Waals surface area contributed by atoms with Crippen LogP contribution in [0, 0.1) is 11.3 Å². The lowest BCUT2D eigenvalue weighted by molar-refractivity contribution is 0.0957. The molecule has 1 aliphatic rings. The molecule has 18 heavy (non-hydrogen) atoms. The lowest BCUT2D eigenvalue weighted by Crippen LogP contribution is -2.22. The minimum Gasteiger partial charge on any atom is -0.368 e. The summed E-state index contributed by atoms with van der Waals surface area (Å²) in [4.78, 5) is 11.3. The molecule has 1 heterocycles. The molecule has 1 aromatic rings. The number of carbonyl (C=O) groups is 1. The Balaban J connectivity index is 1.93. The molecular weight excluding hydrogens is 228 g/mol. The number of nitrogens with one attached hydrogen (secondary N) is 2. The van der Waals surface area contributed by atoms with E-state index in [1.165, 1.54) is 12.8 Å². The Morgan fingerprint density at radius 2 is 2.11 bits per heavy atom. The molecule has 0 aromatic carbocycles. The Labute approximate surface area is 107 Å². The predicted octanol–water partition coefficient (Wildman–Crippen LogP) is 1.68. The number of amides is 1. The third-order valence-electron chi connectivity index (χ3n) is 3.86. The van der Waals surface area contributed by atoms with Gasteiger partial charge in [0.2, 0.25) is 0 Å². The number of rotatable bonds is 5. The van der Waals surface area contributed by atoms with Crippen LogP contribution in [0.3, 0.4) is 0 Å². The summed E-state index contributed by atoms with van der Waals surface area (Å²) in [6.45, 7) is 5.45. The molecule has 0 atom stereocenters. The van der Waals surface area contributed by atoms with Gasteiger partial charge in [0.15, 0.2) is 5.69 Å². The third-order valence-corrected chi connectivity index (χ3v) is 3.86. The van der Waals surface area contributed by atoms with Gasteiger partial charge in [0, 0.05) is 13.6 Å². The summed E-state index contributed by atoms with van der Waals surface area (Å²) in [5, 5.41) is 13.7. The fourth-order valence-corrected chi connectivity index (χ4v) is 2.06. The smallest absolute Gasteiger partial charge is 0.271 e. The van der Waals surface area contributed by atoms with Gasteiger partial charge in [-0.25, -0.2) is 0 Å². The summed E-state index contributed by atoms with van der Waals surface area (Å²) in [5.74, 6) is 1.20. The molecule has 98 valence electrons. The Kier molecular flexibility index (Phi) is 3.50. The topological polar surface area (TPSA) is 66.9 Å². The van der Waals surface area contributed by atoms with Crippen LogP contribution >= 0.6 is 0 Å². The fourth-order valence-electron chi connectivity index (χ4n) is 2.06. The molecule has 1 amide bonds. The van der Waals surface area contributed by atoms with Crippen molar-refractivity contribution in [3.8, 4) is 0 Å². The molecule has 0 spiro atoms. The van der Waals surface area contributed by atoms with E-state index in [1.807, 2.05) is 0 Å². The molecule has 0 radical (unpaired) electrons. The monoisotopic (exact) mass is 248 g/mol. The minimum absolute atomic E-state index is 0.213. The highest BCUT2D eigenvalue weighted by molar-refractivity contribution is 5.91. The highest BCUT2D eigenvalue weighted by Crippen LogP contribution is 2.51. The molecule has 1 aromatic heterocycles. The second-order valence-electron chi connectivity index (χ2n) is 5.25. The number of nitrogens with zero attached hydrogens (tertiary/aromatic N) is 2. The van der Waals surface area contributed by atoms with Crippen LogP contribution in [0.25, 0.3) is 0 Å². The van der Waals surface area contributed by atoms with Gasteiger partial charge in [0.25, 0.3) is 5.91 Å². The van der Waals surface area contributed by atoms with E-state index in [4.69, 9.17) is 0 Å². The van der Waals surface area contributed by atoms with Crippen LogP contribution in [0.2, 0.25) is 0 Å². The molecular formula is C13H20N4O. The average Bonchev–Trinajstić information content (AvgIpc) is 3.17. The summed E-state index contributed by atoms with van der Waals surface area (Å²) < 4.78 is 0. The van der Waals surface area contributed by atoms with E-state index < -0.39 is 0 Å². The van der Waals surface area contributed by atoms with Crippen molar-refractivity contribution in [3.63, 3.8) is 0 Å². The second kappa shape index (κ2) is 4.92. The van der Waals surface area contributed by atoms with Crippen molar-refractivity contribution in [2.24, 2.45) is 11.3 Å². The highest BCUT2D eigenvalue weighted by Gasteiger charge is 2.44. The highest BCUT2D eigenvalue weighted by atomic mass is 16.1. The van der Waals surface area contributed by atoms with E-state index in [0.29, 0.717) is 17.0 Å². The van der Waals surface area contributed by atoms with Crippen LogP contribution in [0.15, 0.2) is 12.1 Å². The van der Waals surface area contributed by atoms with Crippen LogP contribution in [0.1, 0.15) is 37.2 Å². The largest absolute Gasteiger partial charge is 0.368 e. The molecule has 2 rings (SSSR count). The zero-order chi connectivity index (χ0) is 13.2. The maximum absolute atomic E-state index is 11.3. The van der Waals surface area contributed by atoms with Gasteiger partial charge in [-0.15, -0.1) is 10.2 Å². The van der Waals surface area contributed by atoms with Gasteiger partial charge in [0.05, 0.1) is 0 Å². The first-order valence-electron chi connectivity index (χ1n) is 6.37. The maximum atomic E-state index is 11.3. The van der Waals surface area contributed by atoms with E-state index in [1.54, 1.807) is 19.2 Å². The van der Waals surface area contributed by atoms with E-state index in [9.17, 15) is 4.79 Å². The Bertz CT molecular complexity index is 423. The lowest BCUT2D eigenvalue weighted by atomic mass is 9.92. The number of hydrogen-bond donors (Lipinski definition) is 2. The van der Waals surface area contributed by atoms with Gasteiger partial charge >= 0.3 is 0 Å². The maximum Gasteiger partial charge on any atom is 0.271 e. The van der Waals surface area contributed by atoms with Crippen LogP contribution in [0.5, 0.6) is 0 Å². The van der Waals surface area contributed by atoms with Crippen molar-refractivity contribution >= 4 is 11.7 Å². The van der Waals surface area contributed by atoms with Gasteiger partial charge < -0.3 is 10.6 Å². The first-order valence-corrected chi connectivity index (χ1v) is 6.37. The van der Waals surface area contributed by atoms with Crippen LogP contribution < -0.4 is 10.6 Å². The average molecular weight is 248 g/mol. The first kappa shape index (κ1) is 12.8. The third kappa shape index (κ3) is 2.60. The molecule has 1 aliphatic carbocycles. The molecule has 0 bridgehead atoms. The number of hydrogen-bond acceptors (Lipinski definition) is 4. The minimum atomic E-state index is -0.213. The predicted molar refractivity (Wildman–Crippen MR) is 70.4 cm³/mol. The molecule has 1 saturated carbocycles. The van der Waals surface area contributed by atoms with Gasteiger partial charge in [-0.3, -0.25) is 4.79 Å². The molecule has 5 nitrogen and oxygen atoms in total. The first-order chi connectivity index (χ1) is 8.57. The Morgan fingerprint density at radius 3 is 2.56 bits per heavy atom. The summed E-state index contributed by atoms with van der Waals surface area (Å²) in [7, 11) is 1.58. The fraction of sp³-hybridized carbons (Fsp3) is 0.615. The lowest BCUT2D eigenvalue weighted by Gasteiger charge is -2.20. The molecule has 0 unspecified atom stereocenters. The second-order valence-corrected chi connectivity index (χ2v) is 5.25. The van der Waals surface area contributed by atoms with Gasteiger partial charge in [-0.05, 0) is 36.3 Å². The zero-order valence-corrected chi connectivity index (χ0v) is 11.2. The van der Waals surface area contributed by atoms with Crippen molar-refractivity contribution in [2.45, 2.75) is 26.7 Å². The Morgan fingerprint density at radius 1 is 1.39 bits per heavy atom. The van der Waals surface area contributed by atoms with Gasteiger partial charge in [-0.1, -0.05) is 13.8 Å². The van der Waals surface area contributed by atoms with E-state index in [2.05, 4.69) is 34.7 Å². The van der Waals surface area contributed by atoms with E-state index >= 15 is 0 Å². The van der Waals surface area contributed by atoms with Crippen LogP contribution in [-0.2, 0) is 0 Å². The summed E-state index contributed by atoms with van der Waals surface area (Å²) >= 11 is 0. The molecule has 0 saturated heterocycles. The van der Waals surface area contributed by atoms with Crippen molar-refractivity contribution in [3.05, 3.63) is 17.8 Å². The summed E-state index contributed by atoms with van der Waals surface area (Å²) in [6, 6.07) is 3.48. The van der Waals surface area contributed by atoms with Crippen molar-refractivity contribution in [1.82, 2.24) is 15.5 Å². The zero-order valence-electron chi connectivity index (χ0n) is 11.2. The quantitative estimate of drug-likeness (QED) is 0.832. The van der Waals surface area contributed by atoms with Crippen molar-refractivity contribution < 1.29 is 4.79 Å². The summed E-state index contributed by atoms with van der Waals surface area (Å²) in [6.07, 6.45) is 2.56. The Hall–Kier alpha value is -1.65. The molecule has 0 aliphatic heterocycles. The molecule has 2 N–H and O–H groups in total. The standard InChI is InChI=1S/C13H20N4O/c1-9(2)13(6-7-13)8-15-11-5-4-10(16-17-11)12(18)14-3/h4-5,9H,6-8H2,1-3H3,(H,14,18)(H,15,17). The summed E-state index contributed by atoms with van der Waals surface area (Å²) in [5.41, 5.74) is 0.772. The van der Waals surface area contributed by atoms with Gasteiger partial charge in [-0.2, -0.15) is 0 Å². The molecule has 1 fully saturated rings. The number of anilines is 1. The van der Waals surface area contributed by atoms with Crippen molar-refractivity contribution in [2.75, 3.05) is 18.9 Å². The van der Waals surface area contributed by atoms with Crippen LogP contribution in [0.4, 0.5) is 5.82 Å². The van der Waals surface area contributed by atoms with E-state index in [-0.39, 0.29) is 5.91 Å². The SMILES string of the molecule is CNC(=O)c1ccc(NCC2(C(C)C)CC2)nn1. The number of aromatic nitrogens is 2. The van der Waals surface area contributed by atoms with E-state index in [0.717, 1.165) is 12.4 Å². The number of carbonyl (C=O) groups excluding carboxylic acids is 1. The van der Waals surface area contributed by atoms with Gasteiger partial charge in [0.1, 0.15) is 5.82 Å². The van der Waals surface area contributed by atoms with Crippen LogP contribution in [-0.4, -0.2) is 29.7 Å².